The molecule has 2 rings (SSSR count). The summed E-state index contributed by atoms with van der Waals surface area (Å²) in [6, 6.07) is 9.66. The van der Waals surface area contributed by atoms with Gasteiger partial charge in [-0.3, -0.25) is 9.59 Å². The van der Waals surface area contributed by atoms with Crippen LogP contribution >= 0.6 is 0 Å². The van der Waals surface area contributed by atoms with Crippen LogP contribution in [0, 0.1) is 12.8 Å². The Labute approximate surface area is 140 Å². The highest BCUT2D eigenvalue weighted by Gasteiger charge is 2.24. The summed E-state index contributed by atoms with van der Waals surface area (Å²) in [6.07, 6.45) is 3.01. The predicted molar refractivity (Wildman–Crippen MR) is 87.6 cm³/mol. The first-order valence-electron chi connectivity index (χ1n) is 7.96. The van der Waals surface area contributed by atoms with Crippen molar-refractivity contribution in [1.29, 1.82) is 0 Å². The van der Waals surface area contributed by atoms with Crippen LogP contribution in [-0.2, 0) is 16.0 Å². The quantitative estimate of drug-likeness (QED) is 0.538. The molecule has 0 spiro atoms. The fraction of sp³-hybridized carbons (Fsp3) is 0.389. The molecule has 6 nitrogen and oxygen atoms in total. The molecule has 128 valence electrons. The van der Waals surface area contributed by atoms with Crippen LogP contribution in [0.25, 0.3) is 11.5 Å². The predicted octanol–water partition coefficient (Wildman–Crippen LogP) is 3.54. The molecule has 1 heterocycles. The zero-order valence-electron chi connectivity index (χ0n) is 13.6. The molecule has 0 aliphatic carbocycles. The van der Waals surface area contributed by atoms with E-state index in [1.807, 2.05) is 37.3 Å². The Kier molecular flexibility index (Phi) is 6.12. The van der Waals surface area contributed by atoms with E-state index in [1.165, 1.54) is 0 Å². The second-order valence-electron chi connectivity index (χ2n) is 5.72. The molecule has 0 unspecified atom stereocenters. The van der Waals surface area contributed by atoms with Crippen molar-refractivity contribution in [2.24, 2.45) is 5.92 Å². The summed E-state index contributed by atoms with van der Waals surface area (Å²) in [7, 11) is 0. The maximum absolute atomic E-state index is 10.8. The number of aliphatic carboxylic acids is 2. The summed E-state index contributed by atoms with van der Waals surface area (Å²) in [6.45, 7) is 1.87. The number of hydrogen-bond acceptors (Lipinski definition) is 4. The Morgan fingerprint density at radius 2 is 1.75 bits per heavy atom. The largest absolute Gasteiger partial charge is 0.481 e. The molecule has 2 aromatic rings. The minimum atomic E-state index is -1.32. The standard InChI is InChI=1S/C18H21NO5/c1-12-15(19-16(24-12)13-8-4-2-5-9-13)11-7-3-6-10-14(17(20)21)18(22)23/h2,4-5,8-9,14H,3,6-7,10-11H2,1H3,(H,20,21)(H,22,23). The molecule has 0 aliphatic rings. The van der Waals surface area contributed by atoms with Gasteiger partial charge in [0.1, 0.15) is 5.76 Å². The summed E-state index contributed by atoms with van der Waals surface area (Å²) >= 11 is 0. The number of rotatable bonds is 9. The highest BCUT2D eigenvalue weighted by molar-refractivity contribution is 5.92. The van der Waals surface area contributed by atoms with Crippen LogP contribution in [0.5, 0.6) is 0 Å². The summed E-state index contributed by atoms with van der Waals surface area (Å²) in [4.78, 5) is 26.1. The molecular weight excluding hydrogens is 310 g/mol. The molecule has 0 bridgehead atoms. The Morgan fingerprint density at radius 1 is 1.08 bits per heavy atom. The fourth-order valence-corrected chi connectivity index (χ4v) is 2.53. The van der Waals surface area contributed by atoms with Crippen molar-refractivity contribution in [2.45, 2.75) is 39.0 Å². The van der Waals surface area contributed by atoms with Crippen LogP contribution in [0.2, 0.25) is 0 Å². The van der Waals surface area contributed by atoms with Gasteiger partial charge >= 0.3 is 11.9 Å². The first-order chi connectivity index (χ1) is 11.5. The highest BCUT2D eigenvalue weighted by atomic mass is 16.4. The third-order valence-corrected chi connectivity index (χ3v) is 3.92. The molecule has 1 aromatic carbocycles. The van der Waals surface area contributed by atoms with Gasteiger partial charge in [0.2, 0.25) is 5.89 Å². The Bertz CT molecular complexity index is 679. The molecule has 0 saturated carbocycles. The second-order valence-corrected chi connectivity index (χ2v) is 5.72. The first kappa shape index (κ1) is 17.7. The number of benzene rings is 1. The Morgan fingerprint density at radius 3 is 2.38 bits per heavy atom. The van der Waals surface area contributed by atoms with Gasteiger partial charge in [0.15, 0.2) is 5.92 Å². The van der Waals surface area contributed by atoms with Crippen LogP contribution in [0.15, 0.2) is 34.7 Å². The van der Waals surface area contributed by atoms with E-state index in [1.54, 1.807) is 0 Å². The lowest BCUT2D eigenvalue weighted by molar-refractivity contribution is -0.154. The van der Waals surface area contributed by atoms with Gasteiger partial charge in [-0.1, -0.05) is 31.0 Å². The van der Waals surface area contributed by atoms with Crippen LogP contribution in [0.1, 0.15) is 37.1 Å². The number of carbonyl (C=O) groups is 2. The van der Waals surface area contributed by atoms with E-state index in [2.05, 4.69) is 4.98 Å². The smallest absolute Gasteiger partial charge is 0.317 e. The molecule has 0 radical (unpaired) electrons. The van der Waals surface area contributed by atoms with Crippen LogP contribution in [0.3, 0.4) is 0 Å². The van der Waals surface area contributed by atoms with Crippen molar-refractivity contribution in [2.75, 3.05) is 0 Å². The van der Waals surface area contributed by atoms with E-state index in [-0.39, 0.29) is 6.42 Å². The average Bonchev–Trinajstić information content (AvgIpc) is 2.92. The van der Waals surface area contributed by atoms with Gasteiger partial charge in [-0.15, -0.1) is 0 Å². The summed E-state index contributed by atoms with van der Waals surface area (Å²) < 4.78 is 5.69. The molecule has 2 N–H and O–H groups in total. The molecule has 0 aliphatic heterocycles. The first-order valence-corrected chi connectivity index (χ1v) is 7.96. The van der Waals surface area contributed by atoms with Gasteiger partial charge in [-0.05, 0) is 38.3 Å². The monoisotopic (exact) mass is 331 g/mol. The molecule has 0 amide bonds. The van der Waals surface area contributed by atoms with E-state index in [0.29, 0.717) is 12.3 Å². The molecule has 0 atom stereocenters. The highest BCUT2D eigenvalue weighted by Crippen LogP contribution is 2.22. The maximum atomic E-state index is 10.8. The molecule has 24 heavy (non-hydrogen) atoms. The van der Waals surface area contributed by atoms with Gasteiger partial charge in [0.05, 0.1) is 5.69 Å². The van der Waals surface area contributed by atoms with Gasteiger partial charge in [-0.2, -0.15) is 0 Å². The lowest BCUT2D eigenvalue weighted by atomic mass is 10.0. The van der Waals surface area contributed by atoms with Gasteiger partial charge in [-0.25, -0.2) is 4.98 Å². The fourth-order valence-electron chi connectivity index (χ4n) is 2.53. The van der Waals surface area contributed by atoms with E-state index < -0.39 is 17.9 Å². The van der Waals surface area contributed by atoms with Crippen LogP contribution in [-0.4, -0.2) is 27.1 Å². The minimum absolute atomic E-state index is 0.151. The number of oxazole rings is 1. The zero-order valence-corrected chi connectivity index (χ0v) is 13.6. The maximum Gasteiger partial charge on any atom is 0.317 e. The lowest BCUT2D eigenvalue weighted by Crippen LogP contribution is -2.23. The summed E-state index contributed by atoms with van der Waals surface area (Å²) in [5.41, 5.74) is 1.82. The number of unbranched alkanes of at least 4 members (excludes halogenated alkanes) is 2. The number of aromatic nitrogens is 1. The topological polar surface area (TPSA) is 101 Å². The molecular formula is C18H21NO5. The summed E-state index contributed by atoms with van der Waals surface area (Å²) in [5.74, 6) is -2.49. The van der Waals surface area contributed by atoms with Crippen LogP contribution in [0.4, 0.5) is 0 Å². The van der Waals surface area contributed by atoms with Crippen molar-refractivity contribution >= 4 is 11.9 Å². The van der Waals surface area contributed by atoms with E-state index in [4.69, 9.17) is 14.6 Å². The normalized spacial score (nSPS) is 10.9. The third-order valence-electron chi connectivity index (χ3n) is 3.92. The van der Waals surface area contributed by atoms with Gasteiger partial charge < -0.3 is 14.6 Å². The van der Waals surface area contributed by atoms with Crippen molar-refractivity contribution < 1.29 is 24.2 Å². The minimum Gasteiger partial charge on any atom is -0.481 e. The summed E-state index contributed by atoms with van der Waals surface area (Å²) in [5, 5.41) is 17.6. The third kappa shape index (κ3) is 4.68. The number of nitrogens with zero attached hydrogens (tertiary/aromatic N) is 1. The van der Waals surface area contributed by atoms with Crippen molar-refractivity contribution in [3.8, 4) is 11.5 Å². The Balaban J connectivity index is 1.82. The Hall–Kier alpha value is -2.63. The zero-order chi connectivity index (χ0) is 17.5. The van der Waals surface area contributed by atoms with E-state index in [0.717, 1.165) is 36.3 Å². The van der Waals surface area contributed by atoms with E-state index in [9.17, 15) is 9.59 Å². The van der Waals surface area contributed by atoms with Crippen molar-refractivity contribution in [3.05, 3.63) is 41.8 Å². The molecule has 1 aromatic heterocycles. The second kappa shape index (κ2) is 8.29. The molecule has 0 saturated heterocycles. The lowest BCUT2D eigenvalue weighted by Gasteiger charge is -2.06. The number of carboxylic acid groups (broad SMARTS) is 2. The number of carboxylic acids is 2. The van der Waals surface area contributed by atoms with E-state index >= 15 is 0 Å². The number of hydrogen-bond donors (Lipinski definition) is 2. The average molecular weight is 331 g/mol. The number of aryl methyl sites for hydroxylation is 2. The van der Waals surface area contributed by atoms with Crippen molar-refractivity contribution in [1.82, 2.24) is 4.98 Å². The van der Waals surface area contributed by atoms with Gasteiger partial charge in [0.25, 0.3) is 0 Å². The molecule has 6 heteroatoms. The molecule has 0 fully saturated rings. The van der Waals surface area contributed by atoms with Crippen molar-refractivity contribution in [3.63, 3.8) is 0 Å². The van der Waals surface area contributed by atoms with Gasteiger partial charge in [0, 0.05) is 5.56 Å². The van der Waals surface area contributed by atoms with Crippen LogP contribution < -0.4 is 0 Å². The SMILES string of the molecule is Cc1oc(-c2ccccc2)nc1CCCCCC(C(=O)O)C(=O)O.